The van der Waals surface area contributed by atoms with Gasteiger partial charge in [-0.1, -0.05) is 22.0 Å². The summed E-state index contributed by atoms with van der Waals surface area (Å²) in [7, 11) is 0. The molecule has 0 spiro atoms. The summed E-state index contributed by atoms with van der Waals surface area (Å²) in [6.07, 6.45) is 3.86. The van der Waals surface area contributed by atoms with Crippen molar-refractivity contribution in [3.8, 4) is 0 Å². The molecule has 0 bridgehead atoms. The molecule has 3 N–H and O–H groups in total. The maximum atomic E-state index is 5.54. The topological polar surface area (TPSA) is 80.0 Å². The van der Waals surface area contributed by atoms with Crippen molar-refractivity contribution in [2.24, 2.45) is 5.84 Å². The third-order valence-electron chi connectivity index (χ3n) is 4.01. The molecule has 0 atom stereocenters. The van der Waals surface area contributed by atoms with E-state index < -0.39 is 0 Å². The maximum absolute atomic E-state index is 5.54. The van der Waals surface area contributed by atoms with Gasteiger partial charge in [-0.3, -0.25) is 10.4 Å². The standard InChI is InChI=1S/C16H15BrN6/c17-11-5-1-7-13-10(11)4-3-9-23(13)15-14-12(6-2-8-19-14)20-16(21-15)22-18/h1-2,5-8H,3-4,9,18H2,(H,20,21,22). The highest BCUT2D eigenvalue weighted by molar-refractivity contribution is 9.10. The summed E-state index contributed by atoms with van der Waals surface area (Å²) in [5.41, 5.74) is 6.54. The molecule has 1 aromatic carbocycles. The lowest BCUT2D eigenvalue weighted by molar-refractivity contribution is 0.758. The minimum atomic E-state index is 0.391. The number of rotatable bonds is 2. The zero-order valence-electron chi connectivity index (χ0n) is 12.3. The van der Waals surface area contributed by atoms with Crippen LogP contribution in [0.2, 0.25) is 0 Å². The Balaban J connectivity index is 1.96. The molecule has 0 aliphatic carbocycles. The van der Waals surface area contributed by atoms with Gasteiger partial charge in [-0.15, -0.1) is 0 Å². The van der Waals surface area contributed by atoms with E-state index in [0.29, 0.717) is 5.95 Å². The van der Waals surface area contributed by atoms with E-state index in [9.17, 15) is 0 Å². The molecule has 0 saturated carbocycles. The highest BCUT2D eigenvalue weighted by Gasteiger charge is 2.23. The van der Waals surface area contributed by atoms with Crippen LogP contribution in [0.4, 0.5) is 17.5 Å². The van der Waals surface area contributed by atoms with Gasteiger partial charge in [0.15, 0.2) is 5.82 Å². The van der Waals surface area contributed by atoms with Gasteiger partial charge in [0.05, 0.1) is 5.52 Å². The van der Waals surface area contributed by atoms with E-state index in [4.69, 9.17) is 5.84 Å². The Morgan fingerprint density at radius 1 is 1.17 bits per heavy atom. The Morgan fingerprint density at radius 2 is 2.09 bits per heavy atom. The fourth-order valence-corrected chi connectivity index (χ4v) is 3.56. The molecule has 116 valence electrons. The summed E-state index contributed by atoms with van der Waals surface area (Å²) in [6.45, 7) is 0.885. The normalized spacial score (nSPS) is 13.9. The number of nitrogens with one attached hydrogen (secondary N) is 1. The van der Waals surface area contributed by atoms with E-state index in [1.54, 1.807) is 6.20 Å². The Morgan fingerprint density at radius 3 is 2.96 bits per heavy atom. The number of nitrogens with two attached hydrogens (primary N) is 1. The SMILES string of the molecule is NNc1nc(N2CCCc3c(Br)cccc32)c2ncccc2n1. The van der Waals surface area contributed by atoms with Crippen LogP contribution in [0.1, 0.15) is 12.0 Å². The first-order chi connectivity index (χ1) is 11.3. The van der Waals surface area contributed by atoms with Gasteiger partial charge in [-0.25, -0.2) is 10.8 Å². The smallest absolute Gasteiger partial charge is 0.239 e. The van der Waals surface area contributed by atoms with Crippen molar-refractivity contribution in [3.05, 3.63) is 46.6 Å². The van der Waals surface area contributed by atoms with Gasteiger partial charge in [-0.2, -0.15) is 4.98 Å². The number of aromatic nitrogens is 3. The number of hydrogen-bond acceptors (Lipinski definition) is 6. The summed E-state index contributed by atoms with van der Waals surface area (Å²) in [5, 5.41) is 0. The third kappa shape index (κ3) is 2.42. The average molecular weight is 371 g/mol. The maximum Gasteiger partial charge on any atom is 0.239 e. The molecule has 3 heterocycles. The van der Waals surface area contributed by atoms with Crippen LogP contribution in [0.15, 0.2) is 41.0 Å². The van der Waals surface area contributed by atoms with Crippen molar-refractivity contribution in [3.63, 3.8) is 0 Å². The second kappa shape index (κ2) is 5.75. The van der Waals surface area contributed by atoms with E-state index in [-0.39, 0.29) is 0 Å². The molecule has 0 unspecified atom stereocenters. The molecular weight excluding hydrogens is 356 g/mol. The Labute approximate surface area is 141 Å². The van der Waals surface area contributed by atoms with Gasteiger partial charge >= 0.3 is 0 Å². The van der Waals surface area contributed by atoms with Crippen molar-refractivity contribution < 1.29 is 0 Å². The molecule has 4 rings (SSSR count). The quantitative estimate of drug-likeness (QED) is 0.532. The van der Waals surface area contributed by atoms with Crippen LogP contribution < -0.4 is 16.2 Å². The van der Waals surface area contributed by atoms with Crippen molar-refractivity contribution >= 4 is 44.4 Å². The predicted molar refractivity (Wildman–Crippen MR) is 94.6 cm³/mol. The minimum absolute atomic E-state index is 0.391. The Hall–Kier alpha value is -2.25. The van der Waals surface area contributed by atoms with Crippen molar-refractivity contribution in [1.82, 2.24) is 15.0 Å². The van der Waals surface area contributed by atoms with Gasteiger partial charge in [-0.05, 0) is 42.7 Å². The van der Waals surface area contributed by atoms with Crippen LogP contribution in [0.25, 0.3) is 11.0 Å². The molecule has 0 fully saturated rings. The first-order valence-corrected chi connectivity index (χ1v) is 8.21. The Kier molecular flexibility index (Phi) is 3.59. The highest BCUT2D eigenvalue weighted by Crippen LogP contribution is 2.38. The van der Waals surface area contributed by atoms with Crippen LogP contribution >= 0.6 is 15.9 Å². The van der Waals surface area contributed by atoms with E-state index in [2.05, 4.69) is 53.3 Å². The molecule has 1 aliphatic rings. The van der Waals surface area contributed by atoms with E-state index >= 15 is 0 Å². The van der Waals surface area contributed by atoms with Crippen LogP contribution in [0.5, 0.6) is 0 Å². The molecule has 3 aromatic rings. The fraction of sp³-hybridized carbons (Fsp3) is 0.188. The summed E-state index contributed by atoms with van der Waals surface area (Å²) in [4.78, 5) is 15.6. The number of anilines is 3. The van der Waals surface area contributed by atoms with Gasteiger partial charge in [0.25, 0.3) is 0 Å². The lowest BCUT2D eigenvalue weighted by Crippen LogP contribution is -2.26. The number of nitrogens with zero attached hydrogens (tertiary/aromatic N) is 4. The van der Waals surface area contributed by atoms with Gasteiger partial charge < -0.3 is 4.90 Å². The number of benzene rings is 1. The average Bonchev–Trinajstić information content (AvgIpc) is 2.61. The Bertz CT molecular complexity index is 882. The first-order valence-electron chi connectivity index (χ1n) is 7.42. The number of hydrazine groups is 1. The molecule has 2 aromatic heterocycles. The number of nitrogen functional groups attached to an aromatic ring is 1. The molecule has 23 heavy (non-hydrogen) atoms. The van der Waals surface area contributed by atoms with Crippen LogP contribution in [0, 0.1) is 0 Å². The van der Waals surface area contributed by atoms with Gasteiger partial charge in [0.1, 0.15) is 5.52 Å². The summed E-state index contributed by atoms with van der Waals surface area (Å²) < 4.78 is 1.13. The lowest BCUT2D eigenvalue weighted by atomic mass is 10.0. The molecule has 0 radical (unpaired) electrons. The van der Waals surface area contributed by atoms with Gasteiger partial charge in [0, 0.05) is 22.9 Å². The summed E-state index contributed by atoms with van der Waals surface area (Å²) in [5.74, 6) is 6.71. The monoisotopic (exact) mass is 370 g/mol. The molecule has 7 heteroatoms. The number of hydrogen-bond donors (Lipinski definition) is 2. The van der Waals surface area contributed by atoms with Gasteiger partial charge in [0.2, 0.25) is 5.95 Å². The van der Waals surface area contributed by atoms with Crippen molar-refractivity contribution in [1.29, 1.82) is 0 Å². The molecule has 6 nitrogen and oxygen atoms in total. The van der Waals surface area contributed by atoms with Crippen LogP contribution in [-0.2, 0) is 6.42 Å². The second-order valence-electron chi connectivity index (χ2n) is 5.38. The number of halogens is 1. The zero-order valence-corrected chi connectivity index (χ0v) is 13.9. The molecule has 0 amide bonds. The van der Waals surface area contributed by atoms with E-state index in [0.717, 1.165) is 46.4 Å². The van der Waals surface area contributed by atoms with Crippen LogP contribution in [-0.4, -0.2) is 21.5 Å². The molecular formula is C16H15BrN6. The number of pyridine rings is 1. The fourth-order valence-electron chi connectivity index (χ4n) is 3.01. The van der Waals surface area contributed by atoms with E-state index in [1.165, 1.54) is 5.56 Å². The zero-order chi connectivity index (χ0) is 15.8. The summed E-state index contributed by atoms with van der Waals surface area (Å²) >= 11 is 3.65. The van der Waals surface area contributed by atoms with Crippen LogP contribution in [0.3, 0.4) is 0 Å². The minimum Gasteiger partial charge on any atom is -0.324 e. The summed E-state index contributed by atoms with van der Waals surface area (Å²) in [6, 6.07) is 10.0. The molecule has 0 saturated heterocycles. The van der Waals surface area contributed by atoms with Crippen molar-refractivity contribution in [2.75, 3.05) is 16.9 Å². The molecule has 1 aliphatic heterocycles. The largest absolute Gasteiger partial charge is 0.324 e. The second-order valence-corrected chi connectivity index (χ2v) is 6.23. The first kappa shape index (κ1) is 14.3. The third-order valence-corrected chi connectivity index (χ3v) is 4.76. The van der Waals surface area contributed by atoms with Crippen molar-refractivity contribution in [2.45, 2.75) is 12.8 Å². The highest BCUT2D eigenvalue weighted by atomic mass is 79.9. The lowest BCUT2D eigenvalue weighted by Gasteiger charge is -2.31. The predicted octanol–water partition coefficient (Wildman–Crippen LogP) is 3.16. The van der Waals surface area contributed by atoms with E-state index in [1.807, 2.05) is 18.2 Å². The number of fused-ring (bicyclic) bond motifs is 2.